The number of unbranched alkanes of at least 4 members (excludes halogenated alkanes) is 20. The molecule has 0 saturated heterocycles. The molecule has 0 saturated carbocycles. The van der Waals surface area contributed by atoms with E-state index in [-0.39, 0.29) is 0 Å². The molecule has 0 aliphatic carbocycles. The van der Waals surface area contributed by atoms with E-state index in [1.807, 2.05) is 0 Å². The van der Waals surface area contributed by atoms with E-state index >= 15 is 0 Å². The third-order valence-corrected chi connectivity index (χ3v) is 7.66. The van der Waals surface area contributed by atoms with Crippen LogP contribution in [-0.4, -0.2) is 9.52 Å². The van der Waals surface area contributed by atoms with Gasteiger partial charge >= 0.3 is 0 Å². The molecule has 0 nitrogen and oxygen atoms in total. The molecule has 0 fully saturated rings. The SMILES string of the molecule is CCCCCCCCCCCCC[SiH]CCCCCCCCCCCCC. The molecule has 0 amide bonds. The van der Waals surface area contributed by atoms with Crippen molar-refractivity contribution < 1.29 is 0 Å². The summed E-state index contributed by atoms with van der Waals surface area (Å²) in [5.74, 6) is 0. The van der Waals surface area contributed by atoms with Gasteiger partial charge in [-0.15, -0.1) is 0 Å². The first-order valence-electron chi connectivity index (χ1n) is 13.2. The molecule has 0 aliphatic rings. The first kappa shape index (κ1) is 27.2. The van der Waals surface area contributed by atoms with Gasteiger partial charge in [-0.1, -0.05) is 167 Å². The van der Waals surface area contributed by atoms with Gasteiger partial charge in [-0.3, -0.25) is 0 Å². The van der Waals surface area contributed by atoms with Crippen LogP contribution in [0.5, 0.6) is 0 Å². The van der Waals surface area contributed by atoms with Crippen LogP contribution in [0.3, 0.4) is 0 Å². The third kappa shape index (κ3) is 26.2. The predicted octanol–water partition coefficient (Wildman–Crippen LogP) is 9.88. The zero-order chi connectivity index (χ0) is 19.7. The van der Waals surface area contributed by atoms with Crippen LogP contribution in [0.1, 0.15) is 155 Å². The van der Waals surface area contributed by atoms with Crippen molar-refractivity contribution in [3.63, 3.8) is 0 Å². The highest BCUT2D eigenvalue weighted by Crippen LogP contribution is 2.14. The average molecular weight is 396 g/mol. The van der Waals surface area contributed by atoms with Crippen molar-refractivity contribution in [2.45, 2.75) is 167 Å². The maximum Gasteiger partial charge on any atom is 0.0280 e. The van der Waals surface area contributed by atoms with Gasteiger partial charge in [0.05, 0.1) is 0 Å². The van der Waals surface area contributed by atoms with Crippen molar-refractivity contribution in [2.75, 3.05) is 0 Å². The standard InChI is InChI=1S/C26H55Si/c1-3-5-7-9-11-13-15-17-19-21-23-25-27-26-24-22-20-18-16-14-12-10-8-6-4-2/h27H,3-26H2,1-2H3. The fourth-order valence-electron chi connectivity index (χ4n) is 4.05. The Labute approximate surface area is 176 Å². The normalized spacial score (nSPS) is 11.3. The fourth-order valence-corrected chi connectivity index (χ4v) is 5.49. The van der Waals surface area contributed by atoms with Crippen LogP contribution < -0.4 is 0 Å². The quantitative estimate of drug-likeness (QED) is 0.113. The molecule has 163 valence electrons. The number of hydrogen-bond acceptors (Lipinski definition) is 0. The van der Waals surface area contributed by atoms with E-state index in [1.54, 1.807) is 12.1 Å². The highest BCUT2D eigenvalue weighted by atomic mass is 28.2. The monoisotopic (exact) mass is 395 g/mol. The molecule has 0 spiro atoms. The summed E-state index contributed by atoms with van der Waals surface area (Å²) in [6.07, 6.45) is 32.6. The van der Waals surface area contributed by atoms with Crippen molar-refractivity contribution in [3.8, 4) is 0 Å². The first-order valence-corrected chi connectivity index (χ1v) is 14.9. The summed E-state index contributed by atoms with van der Waals surface area (Å²) >= 11 is 0. The molecule has 1 radical (unpaired) electrons. The van der Waals surface area contributed by atoms with Gasteiger partial charge in [-0.2, -0.15) is 0 Å². The minimum absolute atomic E-state index is 0.778. The second-order valence-corrected chi connectivity index (χ2v) is 10.7. The smallest absolute Gasteiger partial charge is 0.0280 e. The third-order valence-electron chi connectivity index (χ3n) is 6.02. The topological polar surface area (TPSA) is 0 Å². The summed E-state index contributed by atoms with van der Waals surface area (Å²) in [6, 6.07) is 3.16. The van der Waals surface area contributed by atoms with Gasteiger partial charge in [0.25, 0.3) is 0 Å². The molecule has 0 unspecified atom stereocenters. The van der Waals surface area contributed by atoms with Crippen LogP contribution in [0.4, 0.5) is 0 Å². The van der Waals surface area contributed by atoms with E-state index in [0.717, 1.165) is 9.52 Å². The zero-order valence-electron chi connectivity index (χ0n) is 19.5. The molecule has 0 rings (SSSR count). The summed E-state index contributed by atoms with van der Waals surface area (Å²) in [7, 11) is 0.778. The van der Waals surface area contributed by atoms with Gasteiger partial charge in [-0.25, -0.2) is 0 Å². The fraction of sp³-hybridized carbons (Fsp3) is 1.00. The summed E-state index contributed by atoms with van der Waals surface area (Å²) < 4.78 is 0. The molecule has 0 aromatic heterocycles. The molecule has 0 heterocycles. The Kier molecular flexibility index (Phi) is 26.4. The molecule has 0 bridgehead atoms. The van der Waals surface area contributed by atoms with Crippen molar-refractivity contribution >= 4 is 9.52 Å². The Morgan fingerprint density at radius 3 is 0.778 bits per heavy atom. The van der Waals surface area contributed by atoms with Crippen LogP contribution >= 0.6 is 0 Å². The van der Waals surface area contributed by atoms with E-state index in [0.29, 0.717) is 0 Å². The first-order chi connectivity index (χ1) is 13.4. The molecular formula is C26H55Si. The largest absolute Gasteiger partial charge is 0.0654 e. The van der Waals surface area contributed by atoms with Gasteiger partial charge in [0.2, 0.25) is 0 Å². The van der Waals surface area contributed by atoms with E-state index in [1.165, 1.54) is 141 Å². The lowest BCUT2D eigenvalue weighted by Gasteiger charge is -2.04. The number of hydrogen-bond donors (Lipinski definition) is 0. The van der Waals surface area contributed by atoms with Crippen molar-refractivity contribution in [1.82, 2.24) is 0 Å². The minimum Gasteiger partial charge on any atom is -0.0654 e. The van der Waals surface area contributed by atoms with Gasteiger partial charge < -0.3 is 0 Å². The predicted molar refractivity (Wildman–Crippen MR) is 130 cm³/mol. The summed E-state index contributed by atoms with van der Waals surface area (Å²) in [6.45, 7) is 4.61. The van der Waals surface area contributed by atoms with Crippen molar-refractivity contribution in [1.29, 1.82) is 0 Å². The molecule has 0 aliphatic heterocycles. The average Bonchev–Trinajstić information content (AvgIpc) is 2.68. The molecule has 0 aromatic rings. The molecule has 27 heavy (non-hydrogen) atoms. The molecule has 0 atom stereocenters. The van der Waals surface area contributed by atoms with Crippen LogP contribution in [0, 0.1) is 0 Å². The Morgan fingerprint density at radius 2 is 0.519 bits per heavy atom. The number of rotatable bonds is 24. The zero-order valence-corrected chi connectivity index (χ0v) is 20.7. The lowest BCUT2D eigenvalue weighted by Crippen LogP contribution is -1.90. The minimum atomic E-state index is 0.778. The molecular weight excluding hydrogens is 340 g/mol. The van der Waals surface area contributed by atoms with Crippen LogP contribution in [-0.2, 0) is 0 Å². The van der Waals surface area contributed by atoms with Crippen LogP contribution in [0.25, 0.3) is 0 Å². The van der Waals surface area contributed by atoms with Gasteiger partial charge in [0.15, 0.2) is 0 Å². The van der Waals surface area contributed by atoms with E-state index in [4.69, 9.17) is 0 Å². The maximum atomic E-state index is 2.31. The summed E-state index contributed by atoms with van der Waals surface area (Å²) in [4.78, 5) is 0. The van der Waals surface area contributed by atoms with Crippen molar-refractivity contribution in [2.24, 2.45) is 0 Å². The van der Waals surface area contributed by atoms with Crippen LogP contribution in [0.2, 0.25) is 12.1 Å². The van der Waals surface area contributed by atoms with E-state index < -0.39 is 0 Å². The highest BCUT2D eigenvalue weighted by molar-refractivity contribution is 6.35. The lowest BCUT2D eigenvalue weighted by atomic mass is 10.1. The van der Waals surface area contributed by atoms with Crippen molar-refractivity contribution in [3.05, 3.63) is 0 Å². The second kappa shape index (κ2) is 26.2. The Morgan fingerprint density at radius 1 is 0.296 bits per heavy atom. The van der Waals surface area contributed by atoms with E-state index in [9.17, 15) is 0 Å². The van der Waals surface area contributed by atoms with Crippen LogP contribution in [0.15, 0.2) is 0 Å². The van der Waals surface area contributed by atoms with E-state index in [2.05, 4.69) is 13.8 Å². The maximum absolute atomic E-state index is 2.31. The molecule has 0 N–H and O–H groups in total. The molecule has 0 aromatic carbocycles. The Bertz CT molecular complexity index is 214. The second-order valence-electron chi connectivity index (χ2n) is 8.94. The highest BCUT2D eigenvalue weighted by Gasteiger charge is 1.96. The Balaban J connectivity index is 2.95. The Hall–Kier alpha value is 0.217. The van der Waals surface area contributed by atoms with Gasteiger partial charge in [-0.05, 0) is 0 Å². The lowest BCUT2D eigenvalue weighted by molar-refractivity contribution is 0.552. The van der Waals surface area contributed by atoms with Gasteiger partial charge in [0.1, 0.15) is 0 Å². The molecule has 1 heteroatoms. The summed E-state index contributed by atoms with van der Waals surface area (Å²) in [5.41, 5.74) is 0. The van der Waals surface area contributed by atoms with Gasteiger partial charge in [0, 0.05) is 9.52 Å². The summed E-state index contributed by atoms with van der Waals surface area (Å²) in [5, 5.41) is 0.